The third-order valence-corrected chi connectivity index (χ3v) is 2.94. The number of hydrazone groups is 1. The summed E-state index contributed by atoms with van der Waals surface area (Å²) in [6.45, 7) is 1.94. The molecule has 20 heavy (non-hydrogen) atoms. The van der Waals surface area contributed by atoms with E-state index in [2.05, 4.69) is 10.5 Å². The van der Waals surface area contributed by atoms with Crippen LogP contribution in [0.5, 0.6) is 0 Å². The van der Waals surface area contributed by atoms with Crippen LogP contribution in [0.15, 0.2) is 47.6 Å². The molecule has 0 bridgehead atoms. The maximum absolute atomic E-state index is 10.5. The molecule has 0 radical (unpaired) electrons. The summed E-state index contributed by atoms with van der Waals surface area (Å²) in [6.07, 6.45) is 1.59. The molecule has 0 aliphatic rings. The number of anilines is 1. The molecule has 102 valence electrons. The van der Waals surface area contributed by atoms with E-state index in [1.54, 1.807) is 24.4 Å². The molecule has 0 unspecified atom stereocenters. The molecule has 0 saturated carbocycles. The zero-order valence-corrected chi connectivity index (χ0v) is 11.5. The molecule has 0 amide bonds. The van der Waals surface area contributed by atoms with Crippen molar-refractivity contribution >= 4 is 29.2 Å². The number of nitro groups is 1. The molecule has 2 aromatic carbocycles. The van der Waals surface area contributed by atoms with Gasteiger partial charge >= 0.3 is 0 Å². The van der Waals surface area contributed by atoms with Crippen LogP contribution < -0.4 is 5.43 Å². The van der Waals surface area contributed by atoms with Gasteiger partial charge in [-0.15, -0.1) is 0 Å². The lowest BCUT2D eigenvalue weighted by atomic mass is 10.2. The van der Waals surface area contributed by atoms with Crippen molar-refractivity contribution in [3.8, 4) is 0 Å². The van der Waals surface area contributed by atoms with E-state index in [9.17, 15) is 10.1 Å². The summed E-state index contributed by atoms with van der Waals surface area (Å²) in [5.74, 6) is 0. The molecule has 0 aliphatic carbocycles. The summed E-state index contributed by atoms with van der Waals surface area (Å²) in [6, 6.07) is 11.6. The van der Waals surface area contributed by atoms with Gasteiger partial charge in [0.1, 0.15) is 0 Å². The van der Waals surface area contributed by atoms with Crippen molar-refractivity contribution in [2.24, 2.45) is 5.10 Å². The second-order valence-electron chi connectivity index (χ2n) is 4.18. The van der Waals surface area contributed by atoms with E-state index in [0.717, 1.165) is 16.8 Å². The van der Waals surface area contributed by atoms with Gasteiger partial charge in [0.25, 0.3) is 5.69 Å². The number of nitrogens with zero attached hydrogens (tertiary/aromatic N) is 2. The molecule has 0 aromatic heterocycles. The van der Waals surface area contributed by atoms with Crippen LogP contribution in [-0.4, -0.2) is 11.1 Å². The van der Waals surface area contributed by atoms with Crippen molar-refractivity contribution in [3.63, 3.8) is 0 Å². The Kier molecular flexibility index (Phi) is 4.32. The van der Waals surface area contributed by atoms with Gasteiger partial charge in [-0.05, 0) is 42.3 Å². The number of nitro benzene ring substituents is 1. The first-order valence-corrected chi connectivity index (χ1v) is 6.24. The Hall–Kier alpha value is -2.40. The van der Waals surface area contributed by atoms with Gasteiger partial charge in [-0.25, -0.2) is 0 Å². The number of aryl methyl sites for hydroxylation is 1. The standard InChI is InChI=1S/C14H12ClN3O2/c1-10-2-5-12(15)8-14(10)17-16-9-11-3-6-13(7-4-11)18(19)20/h2-9,17H,1H3/b16-9+. The van der Waals surface area contributed by atoms with Crippen molar-refractivity contribution in [1.82, 2.24) is 0 Å². The van der Waals surface area contributed by atoms with Crippen molar-refractivity contribution < 1.29 is 4.92 Å². The van der Waals surface area contributed by atoms with E-state index >= 15 is 0 Å². The summed E-state index contributed by atoms with van der Waals surface area (Å²) >= 11 is 5.90. The summed E-state index contributed by atoms with van der Waals surface area (Å²) < 4.78 is 0. The Labute approximate surface area is 121 Å². The van der Waals surface area contributed by atoms with Crippen molar-refractivity contribution in [3.05, 3.63) is 68.7 Å². The van der Waals surface area contributed by atoms with Gasteiger partial charge in [0.15, 0.2) is 0 Å². The number of halogens is 1. The predicted octanol–water partition coefficient (Wildman–Crippen LogP) is 4.00. The predicted molar refractivity (Wildman–Crippen MR) is 80.5 cm³/mol. The molecule has 2 aromatic rings. The number of hydrogen-bond donors (Lipinski definition) is 1. The average Bonchev–Trinajstić information content (AvgIpc) is 2.43. The van der Waals surface area contributed by atoms with Crippen molar-refractivity contribution in [2.75, 3.05) is 5.43 Å². The molecule has 0 heterocycles. The molecule has 2 rings (SSSR count). The van der Waals surface area contributed by atoms with Crippen LogP contribution in [0.1, 0.15) is 11.1 Å². The maximum Gasteiger partial charge on any atom is 0.269 e. The number of benzene rings is 2. The van der Waals surface area contributed by atoms with Crippen molar-refractivity contribution in [1.29, 1.82) is 0 Å². The van der Waals surface area contributed by atoms with Crippen LogP contribution in [0.25, 0.3) is 0 Å². The quantitative estimate of drug-likeness (QED) is 0.525. The van der Waals surface area contributed by atoms with E-state index in [1.165, 1.54) is 12.1 Å². The Morgan fingerprint density at radius 2 is 1.95 bits per heavy atom. The SMILES string of the molecule is Cc1ccc(Cl)cc1N/N=C/c1ccc([N+](=O)[O-])cc1. The van der Waals surface area contributed by atoms with E-state index in [0.29, 0.717) is 5.02 Å². The fraction of sp³-hybridized carbons (Fsp3) is 0.0714. The molecule has 0 spiro atoms. The van der Waals surface area contributed by atoms with Crippen molar-refractivity contribution in [2.45, 2.75) is 6.92 Å². The zero-order chi connectivity index (χ0) is 14.5. The fourth-order valence-corrected chi connectivity index (χ4v) is 1.75. The Bertz CT molecular complexity index is 654. The minimum atomic E-state index is -0.436. The lowest BCUT2D eigenvalue weighted by Crippen LogP contribution is -1.93. The Balaban J connectivity index is 2.06. The van der Waals surface area contributed by atoms with Gasteiger partial charge in [0, 0.05) is 17.2 Å². The maximum atomic E-state index is 10.5. The van der Waals surface area contributed by atoms with Gasteiger partial charge in [-0.3, -0.25) is 15.5 Å². The van der Waals surface area contributed by atoms with Gasteiger partial charge in [-0.1, -0.05) is 17.7 Å². The minimum Gasteiger partial charge on any atom is -0.278 e. The largest absolute Gasteiger partial charge is 0.278 e. The molecular formula is C14H12ClN3O2. The van der Waals surface area contributed by atoms with E-state index in [4.69, 9.17) is 11.6 Å². The molecule has 0 saturated heterocycles. The highest BCUT2D eigenvalue weighted by molar-refractivity contribution is 6.30. The van der Waals surface area contributed by atoms with E-state index in [1.807, 2.05) is 19.1 Å². The molecule has 0 atom stereocenters. The Morgan fingerprint density at radius 3 is 2.60 bits per heavy atom. The van der Waals surface area contributed by atoms with Crippen LogP contribution in [0.4, 0.5) is 11.4 Å². The van der Waals surface area contributed by atoms with Gasteiger partial charge in [-0.2, -0.15) is 5.10 Å². The number of nitrogens with one attached hydrogen (secondary N) is 1. The van der Waals surface area contributed by atoms with Crippen LogP contribution in [0.3, 0.4) is 0 Å². The lowest BCUT2D eigenvalue weighted by molar-refractivity contribution is -0.384. The summed E-state index contributed by atoms with van der Waals surface area (Å²) in [4.78, 5) is 10.1. The zero-order valence-electron chi connectivity index (χ0n) is 10.7. The summed E-state index contributed by atoms with van der Waals surface area (Å²) in [7, 11) is 0. The highest BCUT2D eigenvalue weighted by atomic mass is 35.5. The molecule has 0 aliphatic heterocycles. The normalized spacial score (nSPS) is 10.7. The highest BCUT2D eigenvalue weighted by Gasteiger charge is 2.02. The fourth-order valence-electron chi connectivity index (χ4n) is 1.57. The third-order valence-electron chi connectivity index (χ3n) is 2.70. The lowest BCUT2D eigenvalue weighted by Gasteiger charge is -2.04. The summed E-state index contributed by atoms with van der Waals surface area (Å²) in [5, 5.41) is 15.2. The summed E-state index contributed by atoms with van der Waals surface area (Å²) in [5.41, 5.74) is 5.55. The molecule has 5 nitrogen and oxygen atoms in total. The van der Waals surface area contributed by atoms with Gasteiger partial charge < -0.3 is 0 Å². The van der Waals surface area contributed by atoms with Crippen LogP contribution >= 0.6 is 11.6 Å². The number of rotatable bonds is 4. The highest BCUT2D eigenvalue weighted by Crippen LogP contribution is 2.20. The number of non-ortho nitro benzene ring substituents is 1. The first-order valence-electron chi connectivity index (χ1n) is 5.86. The molecule has 6 heteroatoms. The third kappa shape index (κ3) is 3.55. The van der Waals surface area contributed by atoms with E-state index < -0.39 is 4.92 Å². The van der Waals surface area contributed by atoms with E-state index in [-0.39, 0.29) is 5.69 Å². The molecule has 0 fully saturated rings. The van der Waals surface area contributed by atoms with Gasteiger partial charge in [0.05, 0.1) is 16.8 Å². The van der Waals surface area contributed by atoms with Gasteiger partial charge in [0.2, 0.25) is 0 Å². The smallest absolute Gasteiger partial charge is 0.269 e. The first kappa shape index (κ1) is 14.0. The monoisotopic (exact) mass is 289 g/mol. The average molecular weight is 290 g/mol. The molecular weight excluding hydrogens is 278 g/mol. The molecule has 1 N–H and O–H groups in total. The number of hydrogen-bond acceptors (Lipinski definition) is 4. The topological polar surface area (TPSA) is 67.5 Å². The van der Waals surface area contributed by atoms with Crippen LogP contribution in [0.2, 0.25) is 5.02 Å². The minimum absolute atomic E-state index is 0.0563. The van der Waals surface area contributed by atoms with Crippen LogP contribution in [-0.2, 0) is 0 Å². The second-order valence-corrected chi connectivity index (χ2v) is 4.61. The first-order chi connectivity index (χ1) is 9.56. The second kappa shape index (κ2) is 6.16. The van der Waals surface area contributed by atoms with Crippen LogP contribution in [0, 0.1) is 17.0 Å². The Morgan fingerprint density at radius 1 is 1.25 bits per heavy atom.